The summed E-state index contributed by atoms with van der Waals surface area (Å²) in [5, 5.41) is 3.46. The summed E-state index contributed by atoms with van der Waals surface area (Å²) in [5.74, 6) is -0.210. The van der Waals surface area contributed by atoms with E-state index in [1.165, 1.54) is 34.2 Å². The number of carbonyl (C=O) groups excluding carboxylic acids is 2. The Balaban J connectivity index is 1.25. The lowest BCUT2D eigenvalue weighted by Gasteiger charge is -2.13. The molecule has 0 saturated carbocycles. The SMILES string of the molecule is CCc1ccc(C=C2SC(=S)N(CCCC(=O)Nc3ncc(Cc4ccccc4)s3)C2=O)cc1. The highest BCUT2D eigenvalue weighted by molar-refractivity contribution is 8.26. The van der Waals surface area contributed by atoms with Crippen molar-refractivity contribution in [1.82, 2.24) is 9.88 Å². The standard InChI is InChI=1S/C26H25N3O2S3/c1-2-18-10-12-20(13-11-18)16-22-24(31)29(26(32)34-22)14-6-9-23(30)28-25-27-17-21(33-25)15-19-7-4-3-5-8-19/h3-5,7-8,10-13,16-17H,2,6,9,14-15H2,1H3,(H,27,28,30). The van der Waals surface area contributed by atoms with Gasteiger partial charge in [0.1, 0.15) is 4.32 Å². The van der Waals surface area contributed by atoms with Gasteiger partial charge in [-0.15, -0.1) is 11.3 Å². The average Bonchev–Trinajstić information content (AvgIpc) is 3.38. The van der Waals surface area contributed by atoms with Crippen molar-refractivity contribution in [3.8, 4) is 0 Å². The molecule has 1 saturated heterocycles. The van der Waals surface area contributed by atoms with Gasteiger partial charge in [-0.3, -0.25) is 14.5 Å². The molecular formula is C26H25N3O2S3. The summed E-state index contributed by atoms with van der Waals surface area (Å²) in [7, 11) is 0. The summed E-state index contributed by atoms with van der Waals surface area (Å²) < 4.78 is 0.535. The first-order valence-corrected chi connectivity index (χ1v) is 13.2. The maximum absolute atomic E-state index is 12.8. The molecule has 1 fully saturated rings. The fraction of sp³-hybridized carbons (Fsp3) is 0.231. The van der Waals surface area contributed by atoms with E-state index in [-0.39, 0.29) is 11.8 Å². The second-order valence-corrected chi connectivity index (χ2v) is 10.7. The number of aryl methyl sites for hydroxylation is 1. The van der Waals surface area contributed by atoms with Crippen LogP contribution in [0.4, 0.5) is 5.13 Å². The van der Waals surface area contributed by atoms with Gasteiger partial charge in [-0.25, -0.2) is 4.98 Å². The lowest BCUT2D eigenvalue weighted by Crippen LogP contribution is -2.29. The van der Waals surface area contributed by atoms with Gasteiger partial charge in [0.25, 0.3) is 5.91 Å². The minimum Gasteiger partial charge on any atom is -0.302 e. The minimum absolute atomic E-state index is 0.0968. The van der Waals surface area contributed by atoms with Gasteiger partial charge in [0, 0.05) is 30.5 Å². The quantitative estimate of drug-likeness (QED) is 0.288. The van der Waals surface area contributed by atoms with Crippen LogP contribution in [0.1, 0.15) is 41.3 Å². The summed E-state index contributed by atoms with van der Waals surface area (Å²) in [6.45, 7) is 2.53. The number of benzene rings is 2. The third-order valence-corrected chi connectivity index (χ3v) is 7.66. The smallest absolute Gasteiger partial charge is 0.266 e. The number of aromatic nitrogens is 1. The summed E-state index contributed by atoms with van der Waals surface area (Å²) >= 11 is 8.20. The summed E-state index contributed by atoms with van der Waals surface area (Å²) in [5.41, 5.74) is 3.44. The molecule has 2 aromatic carbocycles. The number of carbonyl (C=O) groups is 2. The Kier molecular flexibility index (Phi) is 8.26. The van der Waals surface area contributed by atoms with Crippen LogP contribution >= 0.6 is 35.3 Å². The predicted molar refractivity (Wildman–Crippen MR) is 145 cm³/mol. The molecule has 0 aliphatic carbocycles. The molecule has 0 unspecified atom stereocenters. The van der Waals surface area contributed by atoms with E-state index in [0.717, 1.165) is 23.3 Å². The number of nitrogens with one attached hydrogen (secondary N) is 1. The van der Waals surface area contributed by atoms with Crippen molar-refractivity contribution >= 4 is 62.7 Å². The molecule has 8 heteroatoms. The summed E-state index contributed by atoms with van der Waals surface area (Å²) in [6, 6.07) is 18.3. The second-order valence-electron chi connectivity index (χ2n) is 7.87. The van der Waals surface area contributed by atoms with Crippen molar-refractivity contribution in [3.05, 3.63) is 87.3 Å². The zero-order chi connectivity index (χ0) is 23.9. The van der Waals surface area contributed by atoms with Gasteiger partial charge in [0.05, 0.1) is 4.91 Å². The fourth-order valence-electron chi connectivity index (χ4n) is 3.52. The number of anilines is 1. The summed E-state index contributed by atoms with van der Waals surface area (Å²) in [6.07, 6.45) is 6.27. The van der Waals surface area contributed by atoms with Crippen LogP contribution in [-0.2, 0) is 22.4 Å². The highest BCUT2D eigenvalue weighted by Crippen LogP contribution is 2.32. The van der Waals surface area contributed by atoms with E-state index in [1.807, 2.05) is 36.4 Å². The number of amides is 2. The minimum atomic E-state index is -0.113. The van der Waals surface area contributed by atoms with Gasteiger partial charge in [-0.1, -0.05) is 85.5 Å². The molecule has 0 atom stereocenters. The van der Waals surface area contributed by atoms with Crippen molar-refractivity contribution < 1.29 is 9.59 Å². The van der Waals surface area contributed by atoms with Gasteiger partial charge < -0.3 is 5.32 Å². The molecule has 1 aliphatic heterocycles. The van der Waals surface area contributed by atoms with Gasteiger partial charge in [0.2, 0.25) is 5.91 Å². The molecular weight excluding hydrogens is 483 g/mol. The van der Waals surface area contributed by atoms with Crippen molar-refractivity contribution in [3.63, 3.8) is 0 Å². The number of hydrogen-bond donors (Lipinski definition) is 1. The van der Waals surface area contributed by atoms with E-state index in [4.69, 9.17) is 12.2 Å². The molecule has 1 aromatic heterocycles. The first-order chi connectivity index (χ1) is 16.5. The lowest BCUT2D eigenvalue weighted by molar-refractivity contribution is -0.122. The monoisotopic (exact) mass is 507 g/mol. The van der Waals surface area contributed by atoms with E-state index in [0.29, 0.717) is 33.7 Å². The largest absolute Gasteiger partial charge is 0.302 e. The number of rotatable bonds is 9. The van der Waals surface area contributed by atoms with Crippen LogP contribution < -0.4 is 5.32 Å². The Labute approximate surface area is 213 Å². The van der Waals surface area contributed by atoms with Crippen molar-refractivity contribution in [2.24, 2.45) is 0 Å². The molecule has 1 N–H and O–H groups in total. The Hall–Kier alpha value is -2.81. The van der Waals surface area contributed by atoms with Crippen molar-refractivity contribution in [2.75, 3.05) is 11.9 Å². The second kappa shape index (κ2) is 11.6. The zero-order valence-electron chi connectivity index (χ0n) is 18.8. The van der Waals surface area contributed by atoms with E-state index in [2.05, 4.69) is 41.5 Å². The maximum Gasteiger partial charge on any atom is 0.266 e. The maximum atomic E-state index is 12.8. The van der Waals surface area contributed by atoms with Gasteiger partial charge in [-0.2, -0.15) is 0 Å². The average molecular weight is 508 g/mol. The number of thioether (sulfide) groups is 1. The van der Waals surface area contributed by atoms with Gasteiger partial charge in [0.15, 0.2) is 5.13 Å². The van der Waals surface area contributed by atoms with Crippen LogP contribution in [0, 0.1) is 0 Å². The normalized spacial score (nSPS) is 14.7. The molecule has 34 heavy (non-hydrogen) atoms. The Morgan fingerprint density at radius 1 is 1.12 bits per heavy atom. The van der Waals surface area contributed by atoms with Gasteiger partial charge in [-0.05, 0) is 35.6 Å². The molecule has 3 aromatic rings. The van der Waals surface area contributed by atoms with Gasteiger partial charge >= 0.3 is 0 Å². The van der Waals surface area contributed by atoms with Crippen LogP contribution in [0.25, 0.3) is 6.08 Å². The molecule has 2 amide bonds. The Morgan fingerprint density at radius 2 is 1.88 bits per heavy atom. The van der Waals surface area contributed by atoms with E-state index in [9.17, 15) is 9.59 Å². The van der Waals surface area contributed by atoms with Crippen LogP contribution in [0.15, 0.2) is 65.7 Å². The molecule has 0 radical (unpaired) electrons. The third-order valence-electron chi connectivity index (χ3n) is 5.37. The van der Waals surface area contributed by atoms with Crippen molar-refractivity contribution in [2.45, 2.75) is 32.6 Å². The number of thiazole rings is 1. The zero-order valence-corrected chi connectivity index (χ0v) is 21.3. The Bertz CT molecular complexity index is 1200. The highest BCUT2D eigenvalue weighted by atomic mass is 32.2. The molecule has 174 valence electrons. The first kappa shape index (κ1) is 24.3. The molecule has 2 heterocycles. The third kappa shape index (κ3) is 6.40. The number of nitrogens with zero attached hydrogens (tertiary/aromatic N) is 2. The predicted octanol–water partition coefficient (Wildman–Crippen LogP) is 5.92. The van der Waals surface area contributed by atoms with E-state index in [1.54, 1.807) is 11.1 Å². The van der Waals surface area contributed by atoms with Crippen LogP contribution in [-0.4, -0.2) is 32.6 Å². The highest BCUT2D eigenvalue weighted by Gasteiger charge is 2.31. The van der Waals surface area contributed by atoms with E-state index >= 15 is 0 Å². The molecule has 1 aliphatic rings. The fourth-order valence-corrected chi connectivity index (χ4v) is 5.69. The summed E-state index contributed by atoms with van der Waals surface area (Å²) in [4.78, 5) is 32.8. The Morgan fingerprint density at radius 3 is 2.62 bits per heavy atom. The molecule has 5 nitrogen and oxygen atoms in total. The van der Waals surface area contributed by atoms with E-state index < -0.39 is 0 Å². The van der Waals surface area contributed by atoms with Crippen LogP contribution in [0.3, 0.4) is 0 Å². The molecule has 4 rings (SSSR count). The number of hydrogen-bond acceptors (Lipinski definition) is 6. The van der Waals surface area contributed by atoms with Crippen LogP contribution in [0.5, 0.6) is 0 Å². The number of thiocarbonyl (C=S) groups is 1. The topological polar surface area (TPSA) is 62.3 Å². The van der Waals surface area contributed by atoms with Crippen LogP contribution in [0.2, 0.25) is 0 Å². The van der Waals surface area contributed by atoms with Crippen molar-refractivity contribution in [1.29, 1.82) is 0 Å². The lowest BCUT2D eigenvalue weighted by atomic mass is 10.1. The molecule has 0 bridgehead atoms. The molecule has 0 spiro atoms. The first-order valence-electron chi connectivity index (χ1n) is 11.1.